The Kier molecular flexibility index (Phi) is 5.24. The first-order valence-electron chi connectivity index (χ1n) is 5.44. The standard InChI is InChI=1S/C14H12Br2S2/c1-9-5-3-7-11(13(9)15)17-18-12-8-4-6-10(2)14(12)16/h3-8H,1-2H3. The molecule has 0 aromatic heterocycles. The van der Waals surface area contributed by atoms with Crippen molar-refractivity contribution in [2.45, 2.75) is 23.6 Å². The van der Waals surface area contributed by atoms with Gasteiger partial charge in [0, 0.05) is 18.7 Å². The predicted molar refractivity (Wildman–Crippen MR) is 89.5 cm³/mol. The van der Waals surface area contributed by atoms with Crippen LogP contribution in [0.1, 0.15) is 11.1 Å². The fourth-order valence-corrected chi connectivity index (χ4v) is 5.40. The van der Waals surface area contributed by atoms with Crippen LogP contribution in [0.5, 0.6) is 0 Å². The van der Waals surface area contributed by atoms with Crippen molar-refractivity contribution in [2.24, 2.45) is 0 Å². The van der Waals surface area contributed by atoms with E-state index in [0.29, 0.717) is 0 Å². The molecule has 2 aromatic carbocycles. The first kappa shape index (κ1) is 14.5. The zero-order valence-corrected chi connectivity index (χ0v) is 14.8. The van der Waals surface area contributed by atoms with Crippen LogP contribution < -0.4 is 0 Å². The summed E-state index contributed by atoms with van der Waals surface area (Å²) in [7, 11) is 3.55. The van der Waals surface area contributed by atoms with Crippen LogP contribution in [0, 0.1) is 13.8 Å². The molecule has 0 saturated heterocycles. The van der Waals surface area contributed by atoms with Gasteiger partial charge in [0.2, 0.25) is 0 Å². The van der Waals surface area contributed by atoms with Crippen molar-refractivity contribution < 1.29 is 0 Å². The number of halogens is 2. The number of benzene rings is 2. The topological polar surface area (TPSA) is 0 Å². The van der Waals surface area contributed by atoms with Crippen molar-refractivity contribution in [3.63, 3.8) is 0 Å². The van der Waals surface area contributed by atoms with Gasteiger partial charge in [0.05, 0.1) is 0 Å². The molecule has 4 heteroatoms. The molecule has 0 nitrogen and oxygen atoms in total. The second kappa shape index (κ2) is 6.51. The Balaban J connectivity index is 2.17. The minimum Gasteiger partial charge on any atom is -0.0608 e. The SMILES string of the molecule is Cc1cccc(SSc2cccc(C)c2Br)c1Br. The third kappa shape index (κ3) is 3.35. The van der Waals surface area contributed by atoms with Gasteiger partial charge in [0.25, 0.3) is 0 Å². The minimum absolute atomic E-state index is 1.19. The molecule has 0 atom stereocenters. The molecule has 2 aromatic rings. The van der Waals surface area contributed by atoms with E-state index in [4.69, 9.17) is 0 Å². The van der Waals surface area contributed by atoms with E-state index >= 15 is 0 Å². The van der Waals surface area contributed by atoms with Gasteiger partial charge in [-0.15, -0.1) is 0 Å². The van der Waals surface area contributed by atoms with Crippen LogP contribution in [-0.2, 0) is 0 Å². The number of aryl methyl sites for hydroxylation is 2. The highest BCUT2D eigenvalue weighted by Gasteiger charge is 2.07. The van der Waals surface area contributed by atoms with Crippen LogP contribution >= 0.6 is 53.4 Å². The van der Waals surface area contributed by atoms with Crippen LogP contribution in [0.25, 0.3) is 0 Å². The van der Waals surface area contributed by atoms with E-state index in [-0.39, 0.29) is 0 Å². The second-order valence-corrected chi connectivity index (χ2v) is 7.74. The highest BCUT2D eigenvalue weighted by Crippen LogP contribution is 2.44. The van der Waals surface area contributed by atoms with Crippen LogP contribution in [0.15, 0.2) is 55.1 Å². The molecule has 0 heterocycles. The third-order valence-corrected chi connectivity index (χ3v) is 7.61. The lowest BCUT2D eigenvalue weighted by molar-refractivity contribution is 1.31. The molecule has 0 fully saturated rings. The van der Waals surface area contributed by atoms with Crippen LogP contribution in [0.4, 0.5) is 0 Å². The molecule has 0 amide bonds. The Labute approximate surface area is 133 Å². The van der Waals surface area contributed by atoms with Gasteiger partial charge < -0.3 is 0 Å². The summed E-state index contributed by atoms with van der Waals surface area (Å²) in [4.78, 5) is 2.52. The third-order valence-electron chi connectivity index (χ3n) is 2.53. The molecule has 18 heavy (non-hydrogen) atoms. The van der Waals surface area contributed by atoms with E-state index in [2.05, 4.69) is 82.1 Å². The van der Waals surface area contributed by atoms with Gasteiger partial charge in [-0.2, -0.15) is 0 Å². The second-order valence-electron chi connectivity index (χ2n) is 3.94. The normalized spacial score (nSPS) is 10.7. The van der Waals surface area contributed by atoms with Gasteiger partial charge in [-0.3, -0.25) is 0 Å². The number of hydrogen-bond acceptors (Lipinski definition) is 2. The summed E-state index contributed by atoms with van der Waals surface area (Å²) in [5.74, 6) is 0. The van der Waals surface area contributed by atoms with Gasteiger partial charge in [-0.25, -0.2) is 0 Å². The first-order valence-corrected chi connectivity index (χ1v) is 9.18. The quantitative estimate of drug-likeness (QED) is 0.527. The fraction of sp³-hybridized carbons (Fsp3) is 0.143. The molecule has 0 aliphatic rings. The lowest BCUT2D eigenvalue weighted by Crippen LogP contribution is -1.80. The van der Waals surface area contributed by atoms with Crippen molar-refractivity contribution in [1.29, 1.82) is 0 Å². The number of rotatable bonds is 3. The van der Waals surface area contributed by atoms with E-state index < -0.39 is 0 Å². The molecule has 0 bridgehead atoms. The smallest absolute Gasteiger partial charge is 0.0349 e. The van der Waals surface area contributed by atoms with Crippen molar-refractivity contribution >= 4 is 53.4 Å². The van der Waals surface area contributed by atoms with E-state index in [1.54, 1.807) is 21.6 Å². The van der Waals surface area contributed by atoms with Crippen LogP contribution in [0.2, 0.25) is 0 Å². The monoisotopic (exact) mass is 402 g/mol. The largest absolute Gasteiger partial charge is 0.0608 e. The maximum Gasteiger partial charge on any atom is 0.0349 e. The Morgan fingerprint density at radius 3 is 1.50 bits per heavy atom. The van der Waals surface area contributed by atoms with Crippen molar-refractivity contribution in [3.8, 4) is 0 Å². The molecule has 0 spiro atoms. The van der Waals surface area contributed by atoms with Crippen LogP contribution in [0.3, 0.4) is 0 Å². The molecular weight excluding hydrogens is 392 g/mol. The van der Waals surface area contributed by atoms with E-state index in [1.165, 1.54) is 29.9 Å². The van der Waals surface area contributed by atoms with Gasteiger partial charge in [-0.1, -0.05) is 45.9 Å². The summed E-state index contributed by atoms with van der Waals surface area (Å²) in [6, 6.07) is 12.7. The van der Waals surface area contributed by atoms with Crippen molar-refractivity contribution in [1.82, 2.24) is 0 Å². The molecule has 0 saturated carbocycles. The average molecular weight is 404 g/mol. The van der Waals surface area contributed by atoms with Crippen molar-refractivity contribution in [3.05, 3.63) is 56.5 Å². The molecule has 0 unspecified atom stereocenters. The van der Waals surface area contributed by atoms with E-state index in [0.717, 1.165) is 0 Å². The zero-order chi connectivity index (χ0) is 13.1. The highest BCUT2D eigenvalue weighted by molar-refractivity contribution is 9.11. The Morgan fingerprint density at radius 2 is 1.11 bits per heavy atom. The summed E-state index contributed by atoms with van der Waals surface area (Å²) in [5, 5.41) is 0. The molecule has 0 aliphatic heterocycles. The minimum atomic E-state index is 1.19. The fourth-order valence-electron chi connectivity index (χ4n) is 1.46. The summed E-state index contributed by atoms with van der Waals surface area (Å²) in [5.41, 5.74) is 2.54. The average Bonchev–Trinajstić information content (AvgIpc) is 2.36. The molecule has 0 aliphatic carbocycles. The molecule has 0 radical (unpaired) electrons. The maximum atomic E-state index is 3.64. The Bertz CT molecular complexity index is 516. The van der Waals surface area contributed by atoms with E-state index in [1.807, 2.05) is 0 Å². The molecule has 94 valence electrons. The van der Waals surface area contributed by atoms with Gasteiger partial charge in [0.1, 0.15) is 0 Å². The summed E-state index contributed by atoms with van der Waals surface area (Å²) in [6.45, 7) is 4.22. The molecular formula is C14H12Br2S2. The summed E-state index contributed by atoms with van der Waals surface area (Å²) >= 11 is 7.28. The van der Waals surface area contributed by atoms with Crippen LogP contribution in [-0.4, -0.2) is 0 Å². The van der Waals surface area contributed by atoms with Gasteiger partial charge in [-0.05, 0) is 69.0 Å². The lowest BCUT2D eigenvalue weighted by Gasteiger charge is -2.08. The summed E-state index contributed by atoms with van der Waals surface area (Å²) in [6.07, 6.45) is 0. The Hall–Kier alpha value is 0.1000. The Morgan fingerprint density at radius 1 is 0.722 bits per heavy atom. The highest BCUT2D eigenvalue weighted by atomic mass is 79.9. The first-order chi connectivity index (χ1) is 8.59. The number of hydrogen-bond donors (Lipinski definition) is 0. The van der Waals surface area contributed by atoms with Gasteiger partial charge >= 0.3 is 0 Å². The zero-order valence-electron chi connectivity index (χ0n) is 10.0. The maximum absolute atomic E-state index is 3.64. The lowest BCUT2D eigenvalue weighted by atomic mass is 10.2. The van der Waals surface area contributed by atoms with E-state index in [9.17, 15) is 0 Å². The van der Waals surface area contributed by atoms with Gasteiger partial charge in [0.15, 0.2) is 0 Å². The predicted octanol–water partition coefficient (Wildman–Crippen LogP) is 6.63. The summed E-state index contributed by atoms with van der Waals surface area (Å²) < 4.78 is 2.37. The molecule has 2 rings (SSSR count). The van der Waals surface area contributed by atoms with Crippen molar-refractivity contribution in [2.75, 3.05) is 0 Å². The molecule has 0 N–H and O–H groups in total.